The fourth-order valence-corrected chi connectivity index (χ4v) is 3.62. The molecule has 0 spiro atoms. The maximum Gasteiger partial charge on any atom is 0.191 e. The smallest absolute Gasteiger partial charge is 0.191 e. The molecule has 2 fully saturated rings. The van der Waals surface area contributed by atoms with E-state index in [1.807, 2.05) is 18.4 Å². The first kappa shape index (κ1) is 19.0. The Morgan fingerprint density at radius 2 is 2.17 bits per heavy atom. The summed E-state index contributed by atoms with van der Waals surface area (Å²) in [4.78, 5) is 8.26. The van der Waals surface area contributed by atoms with Crippen molar-refractivity contribution in [1.29, 1.82) is 0 Å². The lowest BCUT2D eigenvalue weighted by molar-refractivity contribution is 0.0177. The van der Waals surface area contributed by atoms with Crippen LogP contribution >= 0.6 is 35.3 Å². The molecule has 0 bridgehead atoms. The van der Waals surface area contributed by atoms with E-state index in [1.165, 1.54) is 17.7 Å². The number of guanidine groups is 1. The predicted molar refractivity (Wildman–Crippen MR) is 107 cm³/mol. The SMILES string of the molecule is CN=C(NCC1CC1)NCC(c1cccs1)N1CCOCC1.I. The van der Waals surface area contributed by atoms with Crippen LogP contribution in [-0.4, -0.2) is 57.3 Å². The quantitative estimate of drug-likeness (QED) is 0.397. The van der Waals surface area contributed by atoms with Crippen molar-refractivity contribution < 1.29 is 4.74 Å². The largest absolute Gasteiger partial charge is 0.379 e. The number of nitrogens with zero attached hydrogens (tertiary/aromatic N) is 2. The lowest BCUT2D eigenvalue weighted by Crippen LogP contribution is -2.46. The standard InChI is InChI=1S/C16H26N4OS.HI/c1-17-16(18-11-13-4-5-13)19-12-14(15-3-2-10-22-15)20-6-8-21-9-7-20;/h2-3,10,13-14H,4-9,11-12H2,1H3,(H2,17,18,19);1H. The van der Waals surface area contributed by atoms with Crippen molar-refractivity contribution in [2.75, 3.05) is 46.4 Å². The molecule has 1 atom stereocenters. The normalized spacial score (nSPS) is 20.7. The minimum absolute atomic E-state index is 0. The van der Waals surface area contributed by atoms with Crippen molar-refractivity contribution >= 4 is 41.3 Å². The summed E-state index contributed by atoms with van der Waals surface area (Å²) < 4.78 is 5.49. The molecule has 2 heterocycles. The molecule has 1 aromatic rings. The van der Waals surface area contributed by atoms with Gasteiger partial charge in [0, 0.05) is 38.1 Å². The Kier molecular flexibility index (Phi) is 8.08. The average molecular weight is 450 g/mol. The first-order valence-electron chi connectivity index (χ1n) is 8.16. The molecule has 1 aliphatic heterocycles. The highest BCUT2D eigenvalue weighted by molar-refractivity contribution is 14.0. The van der Waals surface area contributed by atoms with Crippen LogP contribution in [0, 0.1) is 5.92 Å². The Morgan fingerprint density at radius 3 is 2.78 bits per heavy atom. The monoisotopic (exact) mass is 450 g/mol. The third-order valence-electron chi connectivity index (χ3n) is 4.30. The average Bonchev–Trinajstić information content (AvgIpc) is 3.24. The number of rotatable bonds is 6. The van der Waals surface area contributed by atoms with Gasteiger partial charge >= 0.3 is 0 Å². The van der Waals surface area contributed by atoms with Gasteiger partial charge in [0.05, 0.1) is 19.3 Å². The number of halogens is 1. The summed E-state index contributed by atoms with van der Waals surface area (Å²) in [5, 5.41) is 9.09. The molecule has 7 heteroatoms. The van der Waals surface area contributed by atoms with Crippen LogP contribution in [-0.2, 0) is 4.74 Å². The van der Waals surface area contributed by atoms with Gasteiger partial charge < -0.3 is 15.4 Å². The Hall–Kier alpha value is -0.380. The molecule has 0 radical (unpaired) electrons. The molecular weight excluding hydrogens is 423 g/mol. The highest BCUT2D eigenvalue weighted by atomic mass is 127. The zero-order valence-corrected chi connectivity index (χ0v) is 16.8. The highest BCUT2D eigenvalue weighted by Gasteiger charge is 2.24. The van der Waals surface area contributed by atoms with Crippen LogP contribution < -0.4 is 10.6 Å². The molecule has 5 nitrogen and oxygen atoms in total. The van der Waals surface area contributed by atoms with Gasteiger partial charge in [-0.05, 0) is 30.2 Å². The number of thiophene rings is 1. The van der Waals surface area contributed by atoms with Crippen molar-refractivity contribution in [3.63, 3.8) is 0 Å². The summed E-state index contributed by atoms with van der Waals surface area (Å²) in [6.07, 6.45) is 2.71. The van der Waals surface area contributed by atoms with Crippen molar-refractivity contribution in [2.45, 2.75) is 18.9 Å². The van der Waals surface area contributed by atoms with Crippen molar-refractivity contribution in [2.24, 2.45) is 10.9 Å². The number of aliphatic imine (C=N–C) groups is 1. The van der Waals surface area contributed by atoms with E-state index >= 15 is 0 Å². The molecule has 1 unspecified atom stereocenters. The van der Waals surface area contributed by atoms with Crippen molar-refractivity contribution in [3.05, 3.63) is 22.4 Å². The summed E-state index contributed by atoms with van der Waals surface area (Å²) in [6.45, 7) is 5.58. The number of hydrogen-bond donors (Lipinski definition) is 2. The second-order valence-corrected chi connectivity index (χ2v) is 6.94. The van der Waals surface area contributed by atoms with Gasteiger partial charge in [-0.3, -0.25) is 9.89 Å². The maximum atomic E-state index is 5.49. The maximum absolute atomic E-state index is 5.49. The van der Waals surface area contributed by atoms with Crippen molar-refractivity contribution in [3.8, 4) is 0 Å². The van der Waals surface area contributed by atoms with Crippen LogP contribution in [0.2, 0.25) is 0 Å². The van der Waals surface area contributed by atoms with Gasteiger partial charge in [0.25, 0.3) is 0 Å². The molecule has 130 valence electrons. The third kappa shape index (κ3) is 5.88. The first-order chi connectivity index (χ1) is 10.9. The summed E-state index contributed by atoms with van der Waals surface area (Å²) in [5.41, 5.74) is 0. The van der Waals surface area contributed by atoms with E-state index in [0.717, 1.165) is 51.3 Å². The number of nitrogens with one attached hydrogen (secondary N) is 2. The Morgan fingerprint density at radius 1 is 1.39 bits per heavy atom. The minimum Gasteiger partial charge on any atom is -0.379 e. The number of hydrogen-bond acceptors (Lipinski definition) is 4. The van der Waals surface area contributed by atoms with E-state index < -0.39 is 0 Å². The van der Waals surface area contributed by atoms with Gasteiger partial charge in [0.2, 0.25) is 0 Å². The molecule has 0 amide bonds. The molecule has 2 N–H and O–H groups in total. The van der Waals surface area contributed by atoms with Crippen molar-refractivity contribution in [1.82, 2.24) is 15.5 Å². The van der Waals surface area contributed by atoms with E-state index in [0.29, 0.717) is 6.04 Å². The van der Waals surface area contributed by atoms with Gasteiger partial charge in [-0.25, -0.2) is 0 Å². The zero-order chi connectivity index (χ0) is 15.2. The number of ether oxygens (including phenoxy) is 1. The molecule has 0 aromatic carbocycles. The molecule has 3 rings (SSSR count). The molecule has 23 heavy (non-hydrogen) atoms. The summed E-state index contributed by atoms with van der Waals surface area (Å²) >= 11 is 1.83. The van der Waals surface area contributed by atoms with Gasteiger partial charge in [-0.15, -0.1) is 35.3 Å². The van der Waals surface area contributed by atoms with Gasteiger partial charge in [-0.1, -0.05) is 6.07 Å². The van der Waals surface area contributed by atoms with Crippen LogP contribution in [0.25, 0.3) is 0 Å². The predicted octanol–water partition coefficient (Wildman–Crippen LogP) is 2.31. The summed E-state index contributed by atoms with van der Waals surface area (Å²) in [5.74, 6) is 1.77. The lowest BCUT2D eigenvalue weighted by atomic mass is 10.2. The topological polar surface area (TPSA) is 48.9 Å². The van der Waals surface area contributed by atoms with Gasteiger partial charge in [0.1, 0.15) is 0 Å². The summed E-state index contributed by atoms with van der Waals surface area (Å²) in [6, 6.07) is 4.75. The Labute approximate surface area is 159 Å². The molecule has 1 saturated heterocycles. The van der Waals surface area contributed by atoms with E-state index in [2.05, 4.69) is 38.0 Å². The van der Waals surface area contributed by atoms with E-state index in [4.69, 9.17) is 4.74 Å². The fraction of sp³-hybridized carbons (Fsp3) is 0.688. The summed E-state index contributed by atoms with van der Waals surface area (Å²) in [7, 11) is 1.84. The van der Waals surface area contributed by atoms with Gasteiger partial charge in [-0.2, -0.15) is 0 Å². The first-order valence-corrected chi connectivity index (χ1v) is 9.04. The van der Waals surface area contributed by atoms with Crippen LogP contribution in [0.4, 0.5) is 0 Å². The number of morpholine rings is 1. The molecule has 1 aromatic heterocycles. The van der Waals surface area contributed by atoms with E-state index in [1.54, 1.807) is 0 Å². The molecular formula is C16H27IN4OS. The lowest BCUT2D eigenvalue weighted by Gasteiger charge is -2.34. The minimum atomic E-state index is 0. The Balaban J connectivity index is 0.00000192. The van der Waals surface area contributed by atoms with Gasteiger partial charge in [0.15, 0.2) is 5.96 Å². The zero-order valence-electron chi connectivity index (χ0n) is 13.7. The fourth-order valence-electron chi connectivity index (χ4n) is 2.76. The Bertz CT molecular complexity index is 472. The molecule has 1 saturated carbocycles. The third-order valence-corrected chi connectivity index (χ3v) is 5.27. The molecule has 1 aliphatic carbocycles. The van der Waals surface area contributed by atoms with Crippen LogP contribution in [0.1, 0.15) is 23.8 Å². The van der Waals surface area contributed by atoms with E-state index in [-0.39, 0.29) is 24.0 Å². The highest BCUT2D eigenvalue weighted by Crippen LogP contribution is 2.27. The van der Waals surface area contributed by atoms with Crippen LogP contribution in [0.15, 0.2) is 22.5 Å². The van der Waals surface area contributed by atoms with Crippen LogP contribution in [0.3, 0.4) is 0 Å². The second-order valence-electron chi connectivity index (χ2n) is 5.96. The van der Waals surface area contributed by atoms with Crippen LogP contribution in [0.5, 0.6) is 0 Å². The molecule has 2 aliphatic rings. The second kappa shape index (κ2) is 9.80. The van der Waals surface area contributed by atoms with E-state index in [9.17, 15) is 0 Å².